The molecule has 0 aliphatic heterocycles. The number of nitrogens with zero attached hydrogens (tertiary/aromatic N) is 2. The lowest BCUT2D eigenvalue weighted by Gasteiger charge is -2.17. The smallest absolute Gasteiger partial charge is 0.339 e. The Hall–Kier alpha value is -1.99. The van der Waals surface area contributed by atoms with Gasteiger partial charge in [0.25, 0.3) is 0 Å². The molecule has 0 atom stereocenters. The molecule has 0 unspecified atom stereocenters. The maximum Gasteiger partial charge on any atom is 0.339 e. The van der Waals surface area contributed by atoms with Gasteiger partial charge in [-0.05, 0) is 31.3 Å². The first-order valence-electron chi connectivity index (χ1n) is 7.01. The number of carbonyl (C=O) groups excluding carboxylic acids is 1. The van der Waals surface area contributed by atoms with Crippen molar-refractivity contribution in [2.24, 2.45) is 16.6 Å². The Balaban J connectivity index is 2.60. The van der Waals surface area contributed by atoms with Gasteiger partial charge in [0.2, 0.25) is 5.96 Å². The van der Waals surface area contributed by atoms with E-state index in [1.54, 1.807) is 18.2 Å². The number of hydrazone groups is 1. The number of rotatable bonds is 8. The molecule has 0 bridgehead atoms. The van der Waals surface area contributed by atoms with Gasteiger partial charge in [0, 0.05) is 6.54 Å². The van der Waals surface area contributed by atoms with Crippen LogP contribution in [-0.2, 0) is 4.74 Å². The molecule has 0 saturated carbocycles. The fourth-order valence-corrected chi connectivity index (χ4v) is 2.02. The van der Waals surface area contributed by atoms with Crippen LogP contribution in [-0.4, -0.2) is 43.1 Å². The molecule has 5 N–H and O–H groups in total. The molecule has 0 spiro atoms. The van der Waals surface area contributed by atoms with Crippen LogP contribution < -0.4 is 16.9 Å². The van der Waals surface area contributed by atoms with Crippen LogP contribution >= 0.6 is 11.6 Å². The Bertz CT molecular complexity index is 528. The van der Waals surface area contributed by atoms with Crippen LogP contribution in [0.3, 0.4) is 0 Å². The molecule has 0 heterocycles. The number of benzene rings is 1. The number of ether oxygens (including phenoxy) is 1. The lowest BCUT2D eigenvalue weighted by Crippen LogP contribution is -2.27. The molecule has 1 aromatic carbocycles. The van der Waals surface area contributed by atoms with Crippen molar-refractivity contribution in [1.82, 2.24) is 4.90 Å². The van der Waals surface area contributed by atoms with Crippen LogP contribution in [0.25, 0.3) is 0 Å². The molecule has 1 rings (SSSR count). The fraction of sp³-hybridized carbons (Fsp3) is 0.429. The summed E-state index contributed by atoms with van der Waals surface area (Å²) in [7, 11) is 0. The summed E-state index contributed by atoms with van der Waals surface area (Å²) in [6.07, 6.45) is 0. The van der Waals surface area contributed by atoms with Crippen molar-refractivity contribution >= 4 is 29.2 Å². The fourth-order valence-electron chi connectivity index (χ4n) is 1.76. The number of carbonyl (C=O) groups is 1. The first kappa shape index (κ1) is 18.1. The third-order valence-electron chi connectivity index (χ3n) is 3.04. The van der Waals surface area contributed by atoms with Gasteiger partial charge in [0.1, 0.15) is 6.61 Å². The topological polar surface area (TPSA) is 106 Å². The van der Waals surface area contributed by atoms with Crippen molar-refractivity contribution in [3.8, 4) is 0 Å². The van der Waals surface area contributed by atoms with E-state index in [0.29, 0.717) is 24.4 Å². The van der Waals surface area contributed by atoms with Gasteiger partial charge < -0.3 is 21.1 Å². The highest BCUT2D eigenvalue weighted by atomic mass is 35.5. The minimum atomic E-state index is -0.453. The highest BCUT2D eigenvalue weighted by molar-refractivity contribution is 6.33. The Morgan fingerprint density at radius 2 is 2.05 bits per heavy atom. The summed E-state index contributed by atoms with van der Waals surface area (Å²) in [4.78, 5) is 14.2. The molecule has 0 radical (unpaired) electrons. The molecule has 8 heteroatoms. The van der Waals surface area contributed by atoms with Gasteiger partial charge in [0.15, 0.2) is 0 Å². The van der Waals surface area contributed by atoms with E-state index in [9.17, 15) is 4.79 Å². The van der Waals surface area contributed by atoms with E-state index in [1.165, 1.54) is 0 Å². The van der Waals surface area contributed by atoms with Crippen molar-refractivity contribution < 1.29 is 9.53 Å². The number of nitrogens with one attached hydrogen (secondary N) is 1. The van der Waals surface area contributed by atoms with Crippen molar-refractivity contribution in [3.05, 3.63) is 28.8 Å². The van der Waals surface area contributed by atoms with Crippen LogP contribution in [0.2, 0.25) is 5.02 Å². The zero-order chi connectivity index (χ0) is 16.5. The summed E-state index contributed by atoms with van der Waals surface area (Å²) in [5, 5.41) is 3.91. The van der Waals surface area contributed by atoms with Gasteiger partial charge in [-0.3, -0.25) is 5.43 Å². The van der Waals surface area contributed by atoms with Gasteiger partial charge in [-0.25, -0.2) is 4.79 Å². The van der Waals surface area contributed by atoms with Gasteiger partial charge in [-0.1, -0.05) is 25.4 Å². The zero-order valence-electron chi connectivity index (χ0n) is 12.8. The first-order valence-corrected chi connectivity index (χ1v) is 7.39. The Morgan fingerprint density at radius 3 is 2.59 bits per heavy atom. The second-order valence-electron chi connectivity index (χ2n) is 4.51. The first-order chi connectivity index (χ1) is 10.5. The molecule has 0 fully saturated rings. The average molecular weight is 328 g/mol. The third-order valence-corrected chi connectivity index (χ3v) is 3.35. The molecule has 0 aliphatic rings. The van der Waals surface area contributed by atoms with Crippen molar-refractivity contribution in [2.45, 2.75) is 13.8 Å². The Kier molecular flexibility index (Phi) is 7.48. The summed E-state index contributed by atoms with van der Waals surface area (Å²) in [6.45, 7) is 6.97. The number of guanidine groups is 1. The van der Waals surface area contributed by atoms with E-state index in [4.69, 9.17) is 27.8 Å². The Labute approximate surface area is 135 Å². The highest BCUT2D eigenvalue weighted by Crippen LogP contribution is 2.21. The van der Waals surface area contributed by atoms with E-state index in [1.807, 2.05) is 0 Å². The van der Waals surface area contributed by atoms with Gasteiger partial charge in [-0.2, -0.15) is 0 Å². The molecular weight excluding hydrogens is 306 g/mol. The van der Waals surface area contributed by atoms with Gasteiger partial charge in [-0.15, -0.1) is 5.10 Å². The second-order valence-corrected chi connectivity index (χ2v) is 4.91. The maximum atomic E-state index is 12.0. The summed E-state index contributed by atoms with van der Waals surface area (Å²) in [5.41, 5.74) is 13.9. The predicted molar refractivity (Wildman–Crippen MR) is 89.0 cm³/mol. The van der Waals surface area contributed by atoms with E-state index >= 15 is 0 Å². The number of hydrogen-bond donors (Lipinski definition) is 3. The summed E-state index contributed by atoms with van der Waals surface area (Å²) >= 11 is 6.07. The molecule has 7 nitrogen and oxygen atoms in total. The molecule has 122 valence electrons. The lowest BCUT2D eigenvalue weighted by atomic mass is 10.2. The minimum Gasteiger partial charge on any atom is -0.461 e. The van der Waals surface area contributed by atoms with Crippen molar-refractivity contribution in [2.75, 3.05) is 31.7 Å². The molecule has 0 aromatic heterocycles. The SMILES string of the molecule is CCN(CC)CCOC(=O)c1ccc(NN=C(N)N)cc1Cl. The summed E-state index contributed by atoms with van der Waals surface area (Å²) < 4.78 is 5.23. The zero-order valence-corrected chi connectivity index (χ0v) is 13.6. The summed E-state index contributed by atoms with van der Waals surface area (Å²) in [6, 6.07) is 4.75. The van der Waals surface area contributed by atoms with Crippen molar-refractivity contribution in [3.63, 3.8) is 0 Å². The molecule has 0 saturated heterocycles. The molecule has 0 amide bonds. The molecule has 0 aliphatic carbocycles. The number of halogens is 1. The largest absolute Gasteiger partial charge is 0.461 e. The number of anilines is 1. The Morgan fingerprint density at radius 1 is 1.36 bits per heavy atom. The third kappa shape index (κ3) is 5.79. The molecule has 22 heavy (non-hydrogen) atoms. The second kappa shape index (κ2) is 9.11. The lowest BCUT2D eigenvalue weighted by molar-refractivity contribution is 0.0466. The normalized spacial score (nSPS) is 10.4. The van der Waals surface area contributed by atoms with Crippen LogP contribution in [0.1, 0.15) is 24.2 Å². The number of hydrogen-bond acceptors (Lipinski definition) is 5. The monoisotopic (exact) mass is 327 g/mol. The standard InChI is InChI=1S/C14H22ClN5O2/c1-3-20(4-2)7-8-22-13(21)11-6-5-10(9-12(11)15)18-19-14(16)17/h5-6,9,18H,3-4,7-8H2,1-2H3,(H4,16,17,19). The molecule has 1 aromatic rings. The van der Waals surface area contributed by atoms with Crippen LogP contribution in [0, 0.1) is 0 Å². The van der Waals surface area contributed by atoms with E-state index in [2.05, 4.69) is 29.3 Å². The number of nitrogens with two attached hydrogens (primary N) is 2. The van der Waals surface area contributed by atoms with E-state index in [-0.39, 0.29) is 11.0 Å². The summed E-state index contributed by atoms with van der Waals surface area (Å²) in [5.74, 6) is -0.554. The van der Waals surface area contributed by atoms with Crippen LogP contribution in [0.5, 0.6) is 0 Å². The van der Waals surface area contributed by atoms with Gasteiger partial charge in [0.05, 0.1) is 16.3 Å². The van der Waals surface area contributed by atoms with E-state index in [0.717, 1.165) is 13.1 Å². The highest BCUT2D eigenvalue weighted by Gasteiger charge is 2.12. The predicted octanol–water partition coefficient (Wildman–Crippen LogP) is 1.44. The number of esters is 1. The van der Waals surface area contributed by atoms with Crippen LogP contribution in [0.4, 0.5) is 5.69 Å². The van der Waals surface area contributed by atoms with Crippen molar-refractivity contribution in [1.29, 1.82) is 0 Å². The minimum absolute atomic E-state index is 0.101. The van der Waals surface area contributed by atoms with E-state index < -0.39 is 5.97 Å². The molecular formula is C14H22ClN5O2. The van der Waals surface area contributed by atoms with Crippen LogP contribution in [0.15, 0.2) is 23.3 Å². The maximum absolute atomic E-state index is 12.0. The average Bonchev–Trinajstić information content (AvgIpc) is 2.49. The van der Waals surface area contributed by atoms with Gasteiger partial charge >= 0.3 is 5.97 Å². The quantitative estimate of drug-likeness (QED) is 0.289. The number of likely N-dealkylation sites (N-methyl/N-ethyl adjacent to an activating group) is 1.